The van der Waals surface area contributed by atoms with Crippen LogP contribution in [0.4, 0.5) is 17.2 Å². The van der Waals surface area contributed by atoms with Gasteiger partial charge in [-0.15, -0.1) is 0 Å². The highest BCUT2D eigenvalue weighted by Gasteiger charge is 2.24. The predicted octanol–water partition coefficient (Wildman–Crippen LogP) is 3.01. The minimum Gasteiger partial charge on any atom is -0.456 e. The number of rotatable bonds is 9. The summed E-state index contributed by atoms with van der Waals surface area (Å²) in [6, 6.07) is 8.75. The SMILES string of the molecule is Cc1ccc(C(=O)Nc2cc(C(=O)NCCCN3CCCC3=O)ccc2N2CCN(c3ncncc3C)CC2)o1. The lowest BCUT2D eigenvalue weighted by Crippen LogP contribution is -2.47. The predicted molar refractivity (Wildman–Crippen MR) is 152 cm³/mol. The van der Waals surface area contributed by atoms with E-state index in [-0.39, 0.29) is 23.5 Å². The molecule has 5 rings (SSSR count). The highest BCUT2D eigenvalue weighted by molar-refractivity contribution is 6.05. The number of carbonyl (C=O) groups is 3. The average Bonchev–Trinajstić information content (AvgIpc) is 3.59. The van der Waals surface area contributed by atoms with Gasteiger partial charge in [0, 0.05) is 69.6 Å². The molecule has 0 aliphatic carbocycles. The van der Waals surface area contributed by atoms with E-state index in [2.05, 4.69) is 30.4 Å². The molecule has 3 amide bonds. The van der Waals surface area contributed by atoms with Crippen LogP contribution < -0.4 is 20.4 Å². The van der Waals surface area contributed by atoms with Crippen molar-refractivity contribution in [3.63, 3.8) is 0 Å². The van der Waals surface area contributed by atoms with Crippen LogP contribution in [-0.4, -0.2) is 78.4 Å². The van der Waals surface area contributed by atoms with Gasteiger partial charge in [0.15, 0.2) is 5.76 Å². The van der Waals surface area contributed by atoms with Gasteiger partial charge in [-0.05, 0) is 57.0 Å². The first-order valence-corrected chi connectivity index (χ1v) is 13.7. The molecule has 11 nitrogen and oxygen atoms in total. The molecule has 2 aliphatic heterocycles. The molecule has 2 fully saturated rings. The van der Waals surface area contributed by atoms with Gasteiger partial charge in [-0.25, -0.2) is 9.97 Å². The molecule has 3 aromatic rings. The molecule has 2 aromatic heterocycles. The van der Waals surface area contributed by atoms with Crippen LogP contribution in [0.25, 0.3) is 0 Å². The van der Waals surface area contributed by atoms with E-state index in [1.807, 2.05) is 24.1 Å². The molecule has 0 saturated carbocycles. The van der Waals surface area contributed by atoms with Crippen molar-refractivity contribution in [2.24, 2.45) is 0 Å². The molecule has 2 aliphatic rings. The number of hydrogen-bond donors (Lipinski definition) is 2. The largest absolute Gasteiger partial charge is 0.456 e. The average molecular weight is 546 g/mol. The first-order valence-electron chi connectivity index (χ1n) is 13.7. The van der Waals surface area contributed by atoms with Gasteiger partial charge < -0.3 is 29.8 Å². The summed E-state index contributed by atoms with van der Waals surface area (Å²) in [6.45, 7) is 8.62. The van der Waals surface area contributed by atoms with Crippen molar-refractivity contribution in [3.05, 3.63) is 65.5 Å². The quantitative estimate of drug-likeness (QED) is 0.394. The fourth-order valence-electron chi connectivity index (χ4n) is 5.19. The summed E-state index contributed by atoms with van der Waals surface area (Å²) < 4.78 is 5.52. The zero-order chi connectivity index (χ0) is 28.1. The number of hydrogen-bond acceptors (Lipinski definition) is 8. The van der Waals surface area contributed by atoms with Gasteiger partial charge in [-0.2, -0.15) is 0 Å². The molecule has 2 N–H and O–H groups in total. The minimum absolute atomic E-state index is 0.182. The van der Waals surface area contributed by atoms with E-state index in [1.54, 1.807) is 37.5 Å². The molecular weight excluding hydrogens is 510 g/mol. The van der Waals surface area contributed by atoms with E-state index in [0.717, 1.165) is 43.1 Å². The molecule has 0 unspecified atom stereocenters. The van der Waals surface area contributed by atoms with Gasteiger partial charge in [0.2, 0.25) is 5.91 Å². The first-order chi connectivity index (χ1) is 19.4. The Kier molecular flexibility index (Phi) is 8.28. The summed E-state index contributed by atoms with van der Waals surface area (Å²) in [6.07, 6.45) is 5.58. The fraction of sp³-hybridized carbons (Fsp3) is 0.414. The second-order valence-corrected chi connectivity index (χ2v) is 10.2. The number of furan rings is 1. The lowest BCUT2D eigenvalue weighted by atomic mass is 10.1. The molecule has 0 radical (unpaired) electrons. The van der Waals surface area contributed by atoms with E-state index in [0.29, 0.717) is 56.0 Å². The van der Waals surface area contributed by atoms with Crippen molar-refractivity contribution in [1.29, 1.82) is 0 Å². The maximum absolute atomic E-state index is 13.0. The standard InChI is InChI=1S/C29H35N7O4/c1-20-18-30-19-32-27(20)36-15-13-34(14-16-36)24-8-7-22(17-23(24)33-29(39)25-9-6-21(2)40-25)28(38)31-10-4-12-35-11-3-5-26(35)37/h6-9,17-19H,3-5,10-16H2,1-2H3,(H,31,38)(H,33,39). The van der Waals surface area contributed by atoms with E-state index in [9.17, 15) is 14.4 Å². The number of aromatic nitrogens is 2. The Labute approximate surface area is 233 Å². The first kappa shape index (κ1) is 27.2. The second-order valence-electron chi connectivity index (χ2n) is 10.2. The van der Waals surface area contributed by atoms with Crippen LogP contribution in [0.2, 0.25) is 0 Å². The minimum atomic E-state index is -0.377. The Morgan fingerprint density at radius 2 is 1.80 bits per heavy atom. The van der Waals surface area contributed by atoms with Crippen molar-refractivity contribution >= 4 is 34.9 Å². The lowest BCUT2D eigenvalue weighted by Gasteiger charge is -2.38. The smallest absolute Gasteiger partial charge is 0.291 e. The fourth-order valence-corrected chi connectivity index (χ4v) is 5.19. The topological polar surface area (TPSA) is 124 Å². The molecule has 40 heavy (non-hydrogen) atoms. The van der Waals surface area contributed by atoms with Crippen molar-refractivity contribution in [3.8, 4) is 0 Å². The van der Waals surface area contributed by atoms with Crippen LogP contribution in [0.3, 0.4) is 0 Å². The van der Waals surface area contributed by atoms with Gasteiger partial charge in [0.25, 0.3) is 11.8 Å². The van der Waals surface area contributed by atoms with Gasteiger partial charge in [-0.3, -0.25) is 14.4 Å². The molecule has 0 bridgehead atoms. The Bertz CT molecular complexity index is 1380. The van der Waals surface area contributed by atoms with Gasteiger partial charge in [0.1, 0.15) is 17.9 Å². The number of benzene rings is 1. The Hall–Kier alpha value is -4.41. The second kappa shape index (κ2) is 12.2. The summed E-state index contributed by atoms with van der Waals surface area (Å²) >= 11 is 0. The van der Waals surface area contributed by atoms with E-state index < -0.39 is 0 Å². The number of carbonyl (C=O) groups excluding carboxylic acids is 3. The van der Waals surface area contributed by atoms with E-state index >= 15 is 0 Å². The molecule has 0 atom stereocenters. The maximum atomic E-state index is 13.0. The molecule has 1 aromatic carbocycles. The summed E-state index contributed by atoms with van der Waals surface area (Å²) in [4.78, 5) is 52.6. The Balaban J connectivity index is 1.28. The molecule has 2 saturated heterocycles. The maximum Gasteiger partial charge on any atom is 0.291 e. The highest BCUT2D eigenvalue weighted by atomic mass is 16.3. The van der Waals surface area contributed by atoms with Crippen molar-refractivity contribution in [2.75, 3.05) is 60.9 Å². The number of aryl methyl sites for hydroxylation is 2. The summed E-state index contributed by atoms with van der Waals surface area (Å²) in [5, 5.41) is 5.90. The lowest BCUT2D eigenvalue weighted by molar-refractivity contribution is -0.127. The summed E-state index contributed by atoms with van der Waals surface area (Å²) in [5.74, 6) is 1.36. The highest BCUT2D eigenvalue weighted by Crippen LogP contribution is 2.30. The molecule has 210 valence electrons. The molecular formula is C29H35N7O4. The van der Waals surface area contributed by atoms with E-state index in [1.165, 1.54) is 0 Å². The van der Waals surface area contributed by atoms with Crippen molar-refractivity contribution in [2.45, 2.75) is 33.1 Å². The third kappa shape index (κ3) is 6.24. The zero-order valence-corrected chi connectivity index (χ0v) is 23.0. The third-order valence-electron chi connectivity index (χ3n) is 7.32. The van der Waals surface area contributed by atoms with Crippen molar-refractivity contribution in [1.82, 2.24) is 20.2 Å². The van der Waals surface area contributed by atoms with Gasteiger partial charge >= 0.3 is 0 Å². The zero-order valence-electron chi connectivity index (χ0n) is 23.0. The Morgan fingerprint density at radius 3 is 2.50 bits per heavy atom. The van der Waals surface area contributed by atoms with Crippen LogP contribution in [0, 0.1) is 13.8 Å². The molecule has 4 heterocycles. The number of nitrogens with zero attached hydrogens (tertiary/aromatic N) is 5. The summed E-state index contributed by atoms with van der Waals surface area (Å²) in [5.41, 5.74) is 2.85. The van der Waals surface area contributed by atoms with Gasteiger partial charge in [0.05, 0.1) is 11.4 Å². The van der Waals surface area contributed by atoms with Gasteiger partial charge in [-0.1, -0.05) is 0 Å². The Morgan fingerprint density at radius 1 is 1.00 bits per heavy atom. The van der Waals surface area contributed by atoms with Crippen LogP contribution >= 0.6 is 0 Å². The van der Waals surface area contributed by atoms with Crippen molar-refractivity contribution < 1.29 is 18.8 Å². The van der Waals surface area contributed by atoms with Crippen LogP contribution in [0.5, 0.6) is 0 Å². The number of likely N-dealkylation sites (tertiary alicyclic amines) is 1. The van der Waals surface area contributed by atoms with Crippen LogP contribution in [0.1, 0.15) is 51.5 Å². The monoisotopic (exact) mass is 545 g/mol. The summed E-state index contributed by atoms with van der Waals surface area (Å²) in [7, 11) is 0. The number of nitrogens with one attached hydrogen (secondary N) is 2. The molecule has 11 heteroatoms. The van der Waals surface area contributed by atoms with Crippen LogP contribution in [-0.2, 0) is 4.79 Å². The number of piperazine rings is 1. The number of amides is 3. The van der Waals surface area contributed by atoms with Crippen LogP contribution in [0.15, 0.2) is 47.3 Å². The third-order valence-corrected chi connectivity index (χ3v) is 7.32. The van der Waals surface area contributed by atoms with E-state index in [4.69, 9.17) is 4.42 Å². The molecule has 0 spiro atoms. The normalized spacial score (nSPS) is 15.4. The number of anilines is 3.